The van der Waals surface area contributed by atoms with Gasteiger partial charge in [-0.2, -0.15) is 4.31 Å². The molecule has 0 aromatic heterocycles. The van der Waals surface area contributed by atoms with Gasteiger partial charge >= 0.3 is 0 Å². The highest BCUT2D eigenvalue weighted by molar-refractivity contribution is 7.89. The summed E-state index contributed by atoms with van der Waals surface area (Å²) in [6.45, 7) is 0.876. The summed E-state index contributed by atoms with van der Waals surface area (Å²) in [6.07, 6.45) is 1.80. The molecule has 1 saturated heterocycles. The molecule has 0 spiro atoms. The zero-order valence-corrected chi connectivity index (χ0v) is 10.8. The molecule has 2 rings (SSSR count). The third-order valence-electron chi connectivity index (χ3n) is 2.89. The van der Waals surface area contributed by atoms with Gasteiger partial charge in [0.25, 0.3) is 0 Å². The highest BCUT2D eigenvalue weighted by Gasteiger charge is 2.27. The lowest BCUT2D eigenvalue weighted by Crippen LogP contribution is -2.27. The summed E-state index contributed by atoms with van der Waals surface area (Å²) in [5.41, 5.74) is 0.437. The number of aliphatic hydroxyl groups is 1. The molecular formula is C11H14ClNO3S. The normalized spacial score (nSPS) is 17.5. The van der Waals surface area contributed by atoms with E-state index >= 15 is 0 Å². The van der Waals surface area contributed by atoms with Gasteiger partial charge in [0.2, 0.25) is 10.0 Å². The molecule has 0 aliphatic carbocycles. The fourth-order valence-corrected chi connectivity index (χ4v) is 3.66. The Morgan fingerprint density at radius 1 is 1.29 bits per heavy atom. The van der Waals surface area contributed by atoms with E-state index in [1.54, 1.807) is 0 Å². The molecule has 0 unspecified atom stereocenters. The minimum atomic E-state index is -3.42. The topological polar surface area (TPSA) is 57.6 Å². The van der Waals surface area contributed by atoms with Crippen LogP contribution in [0.3, 0.4) is 0 Å². The van der Waals surface area contributed by atoms with Gasteiger partial charge in [-0.25, -0.2) is 8.42 Å². The number of rotatable bonds is 3. The van der Waals surface area contributed by atoms with Gasteiger partial charge in [0, 0.05) is 18.1 Å². The number of hydrogen-bond acceptors (Lipinski definition) is 3. The molecule has 0 atom stereocenters. The molecule has 17 heavy (non-hydrogen) atoms. The number of sulfonamides is 1. The van der Waals surface area contributed by atoms with Crippen molar-refractivity contribution in [1.82, 2.24) is 4.31 Å². The Balaban J connectivity index is 2.39. The van der Waals surface area contributed by atoms with E-state index in [4.69, 9.17) is 16.7 Å². The molecule has 1 aromatic carbocycles. The Hall–Kier alpha value is -0.620. The zero-order valence-electron chi connectivity index (χ0n) is 9.26. The summed E-state index contributed by atoms with van der Waals surface area (Å²) in [7, 11) is -3.42. The van der Waals surface area contributed by atoms with E-state index in [9.17, 15) is 8.42 Å². The summed E-state index contributed by atoms with van der Waals surface area (Å²) in [6, 6.07) is 4.43. The fraction of sp³-hybridized carbons (Fsp3) is 0.455. The van der Waals surface area contributed by atoms with E-state index in [0.29, 0.717) is 23.7 Å². The monoisotopic (exact) mass is 275 g/mol. The Morgan fingerprint density at radius 3 is 2.53 bits per heavy atom. The van der Waals surface area contributed by atoms with Crippen LogP contribution in [-0.4, -0.2) is 30.9 Å². The highest BCUT2D eigenvalue weighted by atomic mass is 35.5. The summed E-state index contributed by atoms with van der Waals surface area (Å²) in [5.74, 6) is 0. The van der Waals surface area contributed by atoms with Crippen LogP contribution in [0, 0.1) is 0 Å². The SMILES string of the molecule is O=S(=O)(c1ccc(Cl)c(CO)c1)N1CCCC1. The molecule has 1 heterocycles. The summed E-state index contributed by atoms with van der Waals surface area (Å²) in [4.78, 5) is 0.202. The van der Waals surface area contributed by atoms with Crippen molar-refractivity contribution < 1.29 is 13.5 Å². The second-order valence-corrected chi connectivity index (χ2v) is 6.37. The fourth-order valence-electron chi connectivity index (χ4n) is 1.91. The first-order valence-corrected chi connectivity index (χ1v) is 7.27. The minimum Gasteiger partial charge on any atom is -0.392 e. The summed E-state index contributed by atoms with van der Waals surface area (Å²) < 4.78 is 25.9. The molecule has 94 valence electrons. The van der Waals surface area contributed by atoms with Crippen LogP contribution in [0.15, 0.2) is 23.1 Å². The third kappa shape index (κ3) is 2.47. The van der Waals surface area contributed by atoms with Crippen LogP contribution in [-0.2, 0) is 16.6 Å². The number of hydrogen-bond donors (Lipinski definition) is 1. The van der Waals surface area contributed by atoms with Crippen LogP contribution in [0.25, 0.3) is 0 Å². The van der Waals surface area contributed by atoms with Crippen LogP contribution >= 0.6 is 11.6 Å². The smallest absolute Gasteiger partial charge is 0.243 e. The van der Waals surface area contributed by atoms with E-state index in [-0.39, 0.29) is 11.5 Å². The molecule has 1 aromatic rings. The summed E-state index contributed by atoms with van der Waals surface area (Å²) in [5, 5.41) is 9.46. The van der Waals surface area contributed by atoms with E-state index < -0.39 is 10.0 Å². The van der Waals surface area contributed by atoms with Gasteiger partial charge in [0.05, 0.1) is 11.5 Å². The predicted octanol–water partition coefficient (Wildman–Crippen LogP) is 1.62. The van der Waals surface area contributed by atoms with Crippen molar-refractivity contribution in [3.8, 4) is 0 Å². The van der Waals surface area contributed by atoms with E-state index in [1.165, 1.54) is 22.5 Å². The lowest BCUT2D eigenvalue weighted by molar-refractivity contribution is 0.281. The van der Waals surface area contributed by atoms with Gasteiger partial charge in [-0.05, 0) is 36.6 Å². The molecule has 0 saturated carbocycles. The lowest BCUT2D eigenvalue weighted by Gasteiger charge is -2.16. The highest BCUT2D eigenvalue weighted by Crippen LogP contribution is 2.25. The van der Waals surface area contributed by atoms with E-state index in [2.05, 4.69) is 0 Å². The maximum atomic E-state index is 12.2. The molecule has 0 bridgehead atoms. The van der Waals surface area contributed by atoms with Crippen LogP contribution < -0.4 is 0 Å². The molecule has 0 radical (unpaired) electrons. The Kier molecular flexibility index (Phi) is 3.73. The molecule has 6 heteroatoms. The molecule has 1 N–H and O–H groups in total. The second-order valence-electron chi connectivity index (χ2n) is 4.02. The Morgan fingerprint density at radius 2 is 1.94 bits per heavy atom. The van der Waals surface area contributed by atoms with Crippen molar-refractivity contribution in [1.29, 1.82) is 0 Å². The third-order valence-corrected chi connectivity index (χ3v) is 5.15. The van der Waals surface area contributed by atoms with Gasteiger partial charge in [-0.3, -0.25) is 0 Å². The number of aliphatic hydroxyl groups excluding tert-OH is 1. The van der Waals surface area contributed by atoms with Crippen molar-refractivity contribution in [2.24, 2.45) is 0 Å². The van der Waals surface area contributed by atoms with E-state index in [0.717, 1.165) is 12.8 Å². The Bertz CT molecular complexity index is 509. The van der Waals surface area contributed by atoms with Crippen molar-refractivity contribution in [2.75, 3.05) is 13.1 Å². The van der Waals surface area contributed by atoms with Crippen molar-refractivity contribution in [3.63, 3.8) is 0 Å². The molecule has 1 aliphatic rings. The second kappa shape index (κ2) is 4.94. The average molecular weight is 276 g/mol. The maximum absolute atomic E-state index is 12.2. The van der Waals surface area contributed by atoms with Crippen LogP contribution in [0.1, 0.15) is 18.4 Å². The van der Waals surface area contributed by atoms with Gasteiger partial charge in [0.1, 0.15) is 0 Å². The van der Waals surface area contributed by atoms with Crippen molar-refractivity contribution >= 4 is 21.6 Å². The minimum absolute atomic E-state index is 0.202. The molecule has 1 aliphatic heterocycles. The summed E-state index contributed by atoms with van der Waals surface area (Å²) >= 11 is 5.84. The quantitative estimate of drug-likeness (QED) is 0.912. The van der Waals surface area contributed by atoms with Crippen LogP contribution in [0.4, 0.5) is 0 Å². The molecule has 0 amide bonds. The number of benzene rings is 1. The van der Waals surface area contributed by atoms with Gasteiger partial charge in [-0.1, -0.05) is 11.6 Å². The Labute approximate surface area is 106 Å². The molecule has 1 fully saturated rings. The van der Waals surface area contributed by atoms with Gasteiger partial charge < -0.3 is 5.11 Å². The van der Waals surface area contributed by atoms with Gasteiger partial charge in [0.15, 0.2) is 0 Å². The van der Waals surface area contributed by atoms with Crippen LogP contribution in [0.2, 0.25) is 5.02 Å². The maximum Gasteiger partial charge on any atom is 0.243 e. The van der Waals surface area contributed by atoms with Crippen molar-refractivity contribution in [3.05, 3.63) is 28.8 Å². The van der Waals surface area contributed by atoms with E-state index in [1.807, 2.05) is 0 Å². The number of nitrogens with zero attached hydrogens (tertiary/aromatic N) is 1. The van der Waals surface area contributed by atoms with Crippen molar-refractivity contribution in [2.45, 2.75) is 24.3 Å². The van der Waals surface area contributed by atoms with Crippen LogP contribution in [0.5, 0.6) is 0 Å². The standard InChI is InChI=1S/C11H14ClNO3S/c12-11-4-3-10(7-9(11)8-14)17(15,16)13-5-1-2-6-13/h3-4,7,14H,1-2,5-6,8H2. The molecular weight excluding hydrogens is 262 g/mol. The predicted molar refractivity (Wildman–Crippen MR) is 65.4 cm³/mol. The first-order chi connectivity index (χ1) is 8.05. The van der Waals surface area contributed by atoms with Gasteiger partial charge in [-0.15, -0.1) is 0 Å². The first-order valence-electron chi connectivity index (χ1n) is 5.45. The average Bonchev–Trinajstić information content (AvgIpc) is 2.83. The first kappa shape index (κ1) is 12.8. The molecule has 4 nitrogen and oxygen atoms in total. The zero-order chi connectivity index (χ0) is 12.5. The number of halogens is 1. The lowest BCUT2D eigenvalue weighted by atomic mass is 10.2. The largest absolute Gasteiger partial charge is 0.392 e.